The van der Waals surface area contributed by atoms with Crippen molar-refractivity contribution in [3.8, 4) is 0 Å². The number of nitrogens with zero attached hydrogens (tertiary/aromatic N) is 1. The van der Waals surface area contributed by atoms with E-state index in [0.717, 1.165) is 5.57 Å². The standard InChI is InChI=1S/C23H17ClFN3O4/c24-16-5-3-6-17(25)15(16)10-12-8-9-14-20(22(30)32-11-19(29)28-23(26)31)13-4-1-2-7-18(13)27-21(12)14/h1-7,10H,8-9,11H2,(H3,26,28,29,31). The van der Waals surface area contributed by atoms with Crippen molar-refractivity contribution in [1.29, 1.82) is 0 Å². The number of ether oxygens (including phenoxy) is 1. The number of hydrogen-bond acceptors (Lipinski definition) is 5. The molecule has 3 aromatic rings. The maximum absolute atomic E-state index is 14.3. The van der Waals surface area contributed by atoms with Crippen LogP contribution in [0.3, 0.4) is 0 Å². The number of nitrogens with one attached hydrogen (secondary N) is 1. The van der Waals surface area contributed by atoms with Gasteiger partial charge in [-0.1, -0.05) is 35.9 Å². The Hall–Kier alpha value is -3.78. The first-order chi connectivity index (χ1) is 15.3. The van der Waals surface area contributed by atoms with Gasteiger partial charge >= 0.3 is 12.0 Å². The van der Waals surface area contributed by atoms with Gasteiger partial charge in [0.05, 0.1) is 21.8 Å². The molecule has 4 rings (SSSR count). The molecule has 0 fully saturated rings. The van der Waals surface area contributed by atoms with Crippen LogP contribution in [0, 0.1) is 5.82 Å². The van der Waals surface area contributed by atoms with Gasteiger partial charge in [-0.3, -0.25) is 10.1 Å². The van der Waals surface area contributed by atoms with E-state index >= 15 is 0 Å². The van der Waals surface area contributed by atoms with Crippen LogP contribution in [-0.4, -0.2) is 29.5 Å². The number of para-hydroxylation sites is 1. The van der Waals surface area contributed by atoms with Gasteiger partial charge in [0.1, 0.15) is 5.82 Å². The molecule has 0 bridgehead atoms. The minimum absolute atomic E-state index is 0.249. The normalized spacial score (nSPS) is 13.8. The van der Waals surface area contributed by atoms with Gasteiger partial charge in [-0.05, 0) is 48.3 Å². The minimum Gasteiger partial charge on any atom is -0.452 e. The molecule has 32 heavy (non-hydrogen) atoms. The van der Waals surface area contributed by atoms with Crippen LogP contribution >= 0.6 is 11.6 Å². The van der Waals surface area contributed by atoms with Crippen molar-refractivity contribution in [2.24, 2.45) is 5.73 Å². The van der Waals surface area contributed by atoms with E-state index in [1.54, 1.807) is 36.4 Å². The molecule has 7 nitrogen and oxygen atoms in total. The van der Waals surface area contributed by atoms with Crippen LogP contribution in [-0.2, 0) is 16.0 Å². The van der Waals surface area contributed by atoms with Gasteiger partial charge in [-0.15, -0.1) is 0 Å². The smallest absolute Gasteiger partial charge is 0.339 e. The van der Waals surface area contributed by atoms with Gasteiger partial charge in [0.25, 0.3) is 5.91 Å². The second-order valence-electron chi connectivity index (χ2n) is 7.12. The van der Waals surface area contributed by atoms with Crippen LogP contribution < -0.4 is 11.1 Å². The van der Waals surface area contributed by atoms with E-state index in [2.05, 4.69) is 4.98 Å². The monoisotopic (exact) mass is 453 g/mol. The Labute approximate surface area is 187 Å². The molecule has 1 aromatic heterocycles. The van der Waals surface area contributed by atoms with E-state index in [-0.39, 0.29) is 16.1 Å². The maximum atomic E-state index is 14.3. The average molecular weight is 454 g/mol. The molecule has 9 heteroatoms. The van der Waals surface area contributed by atoms with E-state index < -0.39 is 30.3 Å². The van der Waals surface area contributed by atoms with Gasteiger partial charge in [0.15, 0.2) is 6.61 Å². The molecule has 1 heterocycles. The number of carbonyl (C=O) groups excluding carboxylic acids is 3. The zero-order valence-corrected chi connectivity index (χ0v) is 17.4. The van der Waals surface area contributed by atoms with Crippen molar-refractivity contribution in [2.45, 2.75) is 12.8 Å². The average Bonchev–Trinajstić information content (AvgIpc) is 3.14. The second kappa shape index (κ2) is 8.76. The highest BCUT2D eigenvalue weighted by Gasteiger charge is 2.28. The van der Waals surface area contributed by atoms with E-state index in [1.807, 2.05) is 5.32 Å². The van der Waals surface area contributed by atoms with E-state index in [9.17, 15) is 18.8 Å². The Morgan fingerprint density at radius 3 is 2.69 bits per heavy atom. The fourth-order valence-corrected chi connectivity index (χ4v) is 3.93. The topological polar surface area (TPSA) is 111 Å². The summed E-state index contributed by atoms with van der Waals surface area (Å²) in [5.41, 5.74) is 7.90. The molecule has 3 amide bonds. The zero-order chi connectivity index (χ0) is 22.8. The highest BCUT2D eigenvalue weighted by atomic mass is 35.5. The molecule has 162 valence electrons. The molecule has 0 atom stereocenters. The first-order valence-corrected chi connectivity index (χ1v) is 10.1. The summed E-state index contributed by atoms with van der Waals surface area (Å²) in [6.07, 6.45) is 2.63. The Bertz CT molecular complexity index is 1290. The summed E-state index contributed by atoms with van der Waals surface area (Å²) < 4.78 is 19.4. The van der Waals surface area contributed by atoms with Crippen molar-refractivity contribution in [3.05, 3.63) is 75.7 Å². The molecular formula is C23H17ClFN3O4. The molecule has 0 unspecified atom stereocenters. The van der Waals surface area contributed by atoms with E-state index in [0.29, 0.717) is 35.0 Å². The zero-order valence-electron chi connectivity index (χ0n) is 16.7. The number of fused-ring (bicyclic) bond motifs is 2. The minimum atomic E-state index is -1.04. The first kappa shape index (κ1) is 21.5. The Balaban J connectivity index is 1.77. The van der Waals surface area contributed by atoms with Crippen molar-refractivity contribution in [3.63, 3.8) is 0 Å². The van der Waals surface area contributed by atoms with Gasteiger partial charge < -0.3 is 10.5 Å². The SMILES string of the molecule is NC(=O)NC(=O)COC(=O)c1c2c(nc3ccccc13)C(=Cc1c(F)cccc1Cl)CC2. The number of aromatic nitrogens is 1. The van der Waals surface area contributed by atoms with Crippen LogP contribution in [0.25, 0.3) is 22.6 Å². The number of pyridine rings is 1. The lowest BCUT2D eigenvalue weighted by Gasteiger charge is -2.12. The highest BCUT2D eigenvalue weighted by Crippen LogP contribution is 2.38. The number of carbonyl (C=O) groups is 3. The fourth-order valence-electron chi connectivity index (χ4n) is 3.71. The van der Waals surface area contributed by atoms with Crippen LogP contribution in [0.5, 0.6) is 0 Å². The van der Waals surface area contributed by atoms with Crippen LogP contribution in [0.1, 0.15) is 33.6 Å². The molecule has 3 N–H and O–H groups in total. The Morgan fingerprint density at radius 2 is 1.94 bits per heavy atom. The van der Waals surface area contributed by atoms with Crippen molar-refractivity contribution < 1.29 is 23.5 Å². The molecule has 0 radical (unpaired) electrons. The van der Waals surface area contributed by atoms with Gasteiger partial charge in [0.2, 0.25) is 0 Å². The van der Waals surface area contributed by atoms with Crippen LogP contribution in [0.4, 0.5) is 9.18 Å². The van der Waals surface area contributed by atoms with Crippen molar-refractivity contribution in [1.82, 2.24) is 10.3 Å². The summed E-state index contributed by atoms with van der Waals surface area (Å²) in [5.74, 6) is -2.03. The van der Waals surface area contributed by atoms with Crippen molar-refractivity contribution >= 4 is 52.1 Å². The maximum Gasteiger partial charge on any atom is 0.339 e. The largest absolute Gasteiger partial charge is 0.452 e. The second-order valence-corrected chi connectivity index (χ2v) is 7.53. The summed E-state index contributed by atoms with van der Waals surface area (Å²) in [7, 11) is 0. The van der Waals surface area contributed by atoms with E-state index in [1.165, 1.54) is 12.1 Å². The number of rotatable bonds is 4. The molecular weight excluding hydrogens is 437 g/mol. The molecule has 0 saturated heterocycles. The molecule has 2 aromatic carbocycles. The third kappa shape index (κ3) is 4.17. The van der Waals surface area contributed by atoms with E-state index in [4.69, 9.17) is 22.1 Å². The summed E-state index contributed by atoms with van der Waals surface area (Å²) in [4.78, 5) is 40.1. The molecule has 0 saturated carbocycles. The number of primary amides is 1. The predicted molar refractivity (Wildman–Crippen MR) is 117 cm³/mol. The third-order valence-electron chi connectivity index (χ3n) is 5.06. The predicted octanol–water partition coefficient (Wildman–Crippen LogP) is 3.87. The van der Waals surface area contributed by atoms with Gasteiger partial charge in [-0.2, -0.15) is 0 Å². The summed E-state index contributed by atoms with van der Waals surface area (Å²) >= 11 is 6.17. The summed E-state index contributed by atoms with van der Waals surface area (Å²) in [6, 6.07) is 10.4. The quantitative estimate of drug-likeness (QED) is 0.582. The lowest BCUT2D eigenvalue weighted by atomic mass is 10.0. The number of benzene rings is 2. The summed E-state index contributed by atoms with van der Waals surface area (Å²) in [6.45, 7) is -0.666. The van der Waals surface area contributed by atoms with Crippen LogP contribution in [0.2, 0.25) is 5.02 Å². The third-order valence-corrected chi connectivity index (χ3v) is 5.39. The molecule has 0 aliphatic heterocycles. The van der Waals surface area contributed by atoms with Gasteiger partial charge in [-0.25, -0.2) is 19.0 Å². The number of esters is 1. The lowest BCUT2D eigenvalue weighted by molar-refractivity contribution is -0.123. The lowest BCUT2D eigenvalue weighted by Crippen LogP contribution is -2.37. The fraction of sp³-hybridized carbons (Fsp3) is 0.130. The first-order valence-electron chi connectivity index (χ1n) is 9.68. The Morgan fingerprint density at radius 1 is 1.16 bits per heavy atom. The number of urea groups is 1. The molecule has 0 spiro atoms. The summed E-state index contributed by atoms with van der Waals surface area (Å²) in [5, 5.41) is 2.67. The number of allylic oxidation sites excluding steroid dienone is 1. The Kier molecular flexibility index (Phi) is 5.87. The molecule has 1 aliphatic carbocycles. The number of nitrogens with two attached hydrogens (primary N) is 1. The number of imide groups is 1. The van der Waals surface area contributed by atoms with Crippen molar-refractivity contribution in [2.75, 3.05) is 6.61 Å². The van der Waals surface area contributed by atoms with Gasteiger partial charge in [0, 0.05) is 10.9 Å². The number of amides is 3. The number of hydrogen-bond donors (Lipinski definition) is 2. The molecule has 1 aliphatic rings. The highest BCUT2D eigenvalue weighted by molar-refractivity contribution is 6.32. The van der Waals surface area contributed by atoms with Crippen LogP contribution in [0.15, 0.2) is 42.5 Å². The number of halogens is 2.